The molecule has 3 nitrogen and oxygen atoms in total. The highest BCUT2D eigenvalue weighted by Gasteiger charge is 2.15. The van der Waals surface area contributed by atoms with E-state index in [1.54, 1.807) is 17.6 Å². The summed E-state index contributed by atoms with van der Waals surface area (Å²) in [5.41, 5.74) is 2.41. The number of aromatic nitrogens is 1. The smallest absolute Gasteiger partial charge is 0.239 e. The Balaban J connectivity index is 2.39. The number of rotatable bonds is 2. The van der Waals surface area contributed by atoms with E-state index in [1.807, 2.05) is 6.92 Å². The van der Waals surface area contributed by atoms with Gasteiger partial charge in [-0.15, -0.1) is 11.3 Å². The van der Waals surface area contributed by atoms with Crippen molar-refractivity contribution >= 4 is 17.1 Å². The molecule has 2 aromatic heterocycles. The van der Waals surface area contributed by atoms with Crippen molar-refractivity contribution in [3.63, 3.8) is 0 Å². The standard InChI is InChI=1S/C9H7NO2S/c1-6-9(13-5-10-6)8(11)7-3-2-4-12-7/h2-5H,1H3. The van der Waals surface area contributed by atoms with E-state index < -0.39 is 0 Å². The van der Waals surface area contributed by atoms with E-state index in [0.29, 0.717) is 10.6 Å². The number of thiazole rings is 1. The van der Waals surface area contributed by atoms with Crippen LogP contribution in [0.2, 0.25) is 0 Å². The second-order valence-electron chi connectivity index (χ2n) is 2.57. The molecule has 0 aromatic carbocycles. The number of nitrogens with zero attached hydrogens (tertiary/aromatic N) is 1. The SMILES string of the molecule is Cc1ncsc1C(=O)c1ccco1. The maximum atomic E-state index is 11.7. The molecule has 0 aliphatic rings. The summed E-state index contributed by atoms with van der Waals surface area (Å²) in [4.78, 5) is 16.3. The molecule has 0 aliphatic carbocycles. The largest absolute Gasteiger partial charge is 0.461 e. The minimum absolute atomic E-state index is 0.0926. The topological polar surface area (TPSA) is 43.1 Å². The summed E-state index contributed by atoms with van der Waals surface area (Å²) in [6.07, 6.45) is 1.49. The fourth-order valence-electron chi connectivity index (χ4n) is 1.04. The Labute approximate surface area is 79.0 Å². The summed E-state index contributed by atoms with van der Waals surface area (Å²) in [7, 11) is 0. The molecule has 0 spiro atoms. The highest BCUT2D eigenvalue weighted by Crippen LogP contribution is 2.17. The second-order valence-corrected chi connectivity index (χ2v) is 3.43. The maximum Gasteiger partial charge on any atom is 0.239 e. The van der Waals surface area contributed by atoms with Gasteiger partial charge in [0.15, 0.2) is 5.76 Å². The average Bonchev–Trinajstić information content (AvgIpc) is 2.72. The van der Waals surface area contributed by atoms with E-state index in [-0.39, 0.29) is 5.78 Å². The first kappa shape index (κ1) is 8.19. The lowest BCUT2D eigenvalue weighted by molar-refractivity contribution is 0.101. The molecule has 2 rings (SSSR count). The predicted octanol–water partition coefficient (Wildman–Crippen LogP) is 2.28. The Morgan fingerprint density at radius 3 is 3.00 bits per heavy atom. The third-order valence-corrected chi connectivity index (χ3v) is 2.62. The van der Waals surface area contributed by atoms with E-state index >= 15 is 0 Å². The number of hydrogen-bond acceptors (Lipinski definition) is 4. The molecular weight excluding hydrogens is 186 g/mol. The summed E-state index contributed by atoms with van der Waals surface area (Å²) >= 11 is 1.34. The second kappa shape index (κ2) is 3.14. The normalized spacial score (nSPS) is 10.2. The summed E-state index contributed by atoms with van der Waals surface area (Å²) in [5, 5.41) is 0. The fraction of sp³-hybridized carbons (Fsp3) is 0.111. The van der Waals surface area contributed by atoms with Crippen LogP contribution in [0, 0.1) is 6.92 Å². The van der Waals surface area contributed by atoms with Gasteiger partial charge < -0.3 is 4.42 Å². The zero-order valence-corrected chi connectivity index (χ0v) is 7.80. The van der Waals surface area contributed by atoms with Gasteiger partial charge >= 0.3 is 0 Å². The van der Waals surface area contributed by atoms with Crippen LogP contribution in [-0.2, 0) is 0 Å². The first-order valence-electron chi connectivity index (χ1n) is 3.77. The van der Waals surface area contributed by atoms with E-state index in [9.17, 15) is 4.79 Å². The number of ketones is 1. The van der Waals surface area contributed by atoms with Crippen molar-refractivity contribution in [3.05, 3.63) is 40.2 Å². The minimum atomic E-state index is -0.0926. The van der Waals surface area contributed by atoms with Gasteiger partial charge in [0, 0.05) is 0 Å². The zero-order chi connectivity index (χ0) is 9.26. The molecular formula is C9H7NO2S. The van der Waals surface area contributed by atoms with Gasteiger partial charge in [0.1, 0.15) is 4.88 Å². The molecule has 4 heteroatoms. The van der Waals surface area contributed by atoms with Crippen molar-refractivity contribution in [3.8, 4) is 0 Å². The molecule has 0 saturated carbocycles. The Kier molecular flexibility index (Phi) is 1.98. The van der Waals surface area contributed by atoms with Gasteiger partial charge in [0.05, 0.1) is 17.5 Å². The van der Waals surface area contributed by atoms with Crippen LogP contribution in [-0.4, -0.2) is 10.8 Å². The molecule has 0 aliphatic heterocycles. The molecule has 0 unspecified atom stereocenters. The van der Waals surface area contributed by atoms with Crippen molar-refractivity contribution < 1.29 is 9.21 Å². The van der Waals surface area contributed by atoms with Crippen molar-refractivity contribution in [2.24, 2.45) is 0 Å². The highest BCUT2D eigenvalue weighted by molar-refractivity contribution is 7.12. The summed E-state index contributed by atoms with van der Waals surface area (Å²) < 4.78 is 5.00. The molecule has 0 amide bonds. The van der Waals surface area contributed by atoms with E-state index in [1.165, 1.54) is 17.6 Å². The van der Waals surface area contributed by atoms with Crippen LogP contribution in [0.25, 0.3) is 0 Å². The number of carbonyl (C=O) groups excluding carboxylic acids is 1. The number of aryl methyl sites for hydroxylation is 1. The Hall–Kier alpha value is -1.42. The number of hydrogen-bond donors (Lipinski definition) is 0. The molecule has 0 bridgehead atoms. The van der Waals surface area contributed by atoms with Crippen LogP contribution >= 0.6 is 11.3 Å². The Morgan fingerprint density at radius 2 is 2.46 bits per heavy atom. The summed E-state index contributed by atoms with van der Waals surface area (Å²) in [6, 6.07) is 3.35. The molecule has 0 atom stereocenters. The summed E-state index contributed by atoms with van der Waals surface area (Å²) in [5.74, 6) is 0.275. The van der Waals surface area contributed by atoms with Gasteiger partial charge in [-0.1, -0.05) is 0 Å². The van der Waals surface area contributed by atoms with Gasteiger partial charge in [-0.05, 0) is 19.1 Å². The van der Waals surface area contributed by atoms with Gasteiger partial charge in [0.25, 0.3) is 0 Å². The lowest BCUT2D eigenvalue weighted by Gasteiger charge is -1.92. The number of carbonyl (C=O) groups is 1. The van der Waals surface area contributed by atoms with Gasteiger partial charge in [-0.2, -0.15) is 0 Å². The predicted molar refractivity (Wildman–Crippen MR) is 49.0 cm³/mol. The van der Waals surface area contributed by atoms with Gasteiger partial charge in [-0.3, -0.25) is 4.79 Å². The monoisotopic (exact) mass is 193 g/mol. The third-order valence-electron chi connectivity index (χ3n) is 1.70. The zero-order valence-electron chi connectivity index (χ0n) is 6.98. The molecule has 13 heavy (non-hydrogen) atoms. The van der Waals surface area contributed by atoms with Crippen LogP contribution in [0.4, 0.5) is 0 Å². The third kappa shape index (κ3) is 1.40. The van der Waals surface area contributed by atoms with Crippen molar-refractivity contribution in [1.29, 1.82) is 0 Å². The lowest BCUT2D eigenvalue weighted by Crippen LogP contribution is -1.98. The van der Waals surface area contributed by atoms with Crippen LogP contribution < -0.4 is 0 Å². The molecule has 0 radical (unpaired) electrons. The van der Waals surface area contributed by atoms with E-state index in [2.05, 4.69) is 4.98 Å². The fourth-order valence-corrected chi connectivity index (χ4v) is 1.79. The van der Waals surface area contributed by atoms with Gasteiger partial charge in [-0.25, -0.2) is 4.98 Å². The first-order chi connectivity index (χ1) is 6.29. The molecule has 0 saturated heterocycles. The van der Waals surface area contributed by atoms with Crippen LogP contribution in [0.1, 0.15) is 21.1 Å². The molecule has 66 valence electrons. The summed E-state index contributed by atoms with van der Waals surface area (Å²) in [6.45, 7) is 1.81. The van der Waals surface area contributed by atoms with Crippen molar-refractivity contribution in [2.75, 3.05) is 0 Å². The molecule has 2 heterocycles. The minimum Gasteiger partial charge on any atom is -0.461 e. The van der Waals surface area contributed by atoms with Crippen LogP contribution in [0.15, 0.2) is 28.3 Å². The first-order valence-corrected chi connectivity index (χ1v) is 4.65. The molecule has 0 N–H and O–H groups in total. The average molecular weight is 193 g/mol. The molecule has 0 fully saturated rings. The Morgan fingerprint density at radius 1 is 1.62 bits per heavy atom. The highest BCUT2D eigenvalue weighted by atomic mass is 32.1. The van der Waals surface area contributed by atoms with E-state index in [0.717, 1.165) is 5.69 Å². The van der Waals surface area contributed by atoms with Crippen LogP contribution in [0.3, 0.4) is 0 Å². The lowest BCUT2D eigenvalue weighted by atomic mass is 10.2. The number of furan rings is 1. The van der Waals surface area contributed by atoms with Gasteiger partial charge in [0.2, 0.25) is 5.78 Å². The quantitative estimate of drug-likeness (QED) is 0.687. The maximum absolute atomic E-state index is 11.7. The Bertz CT molecular complexity index is 417. The molecule has 2 aromatic rings. The van der Waals surface area contributed by atoms with Crippen molar-refractivity contribution in [2.45, 2.75) is 6.92 Å². The van der Waals surface area contributed by atoms with Crippen LogP contribution in [0.5, 0.6) is 0 Å². The van der Waals surface area contributed by atoms with E-state index in [4.69, 9.17) is 4.42 Å². The van der Waals surface area contributed by atoms with Crippen molar-refractivity contribution in [1.82, 2.24) is 4.98 Å².